The lowest BCUT2D eigenvalue weighted by molar-refractivity contribution is -0.129. The zero-order chi connectivity index (χ0) is 25.3. The Hall–Kier alpha value is -3.17. The highest BCUT2D eigenvalue weighted by Crippen LogP contribution is 2.44. The number of aliphatic hydroxyl groups is 1. The van der Waals surface area contributed by atoms with Crippen molar-refractivity contribution in [1.29, 1.82) is 0 Å². The van der Waals surface area contributed by atoms with Crippen LogP contribution in [0.1, 0.15) is 31.0 Å². The van der Waals surface area contributed by atoms with Gasteiger partial charge >= 0.3 is 0 Å². The number of carbonyl (C=O) groups excluding carboxylic acids is 2. The number of anilines is 1. The van der Waals surface area contributed by atoms with Crippen molar-refractivity contribution in [3.05, 3.63) is 59.3 Å². The summed E-state index contributed by atoms with van der Waals surface area (Å²) in [6.07, 6.45) is 4.92. The first kappa shape index (κ1) is 24.9. The third-order valence-corrected chi connectivity index (χ3v) is 6.83. The summed E-state index contributed by atoms with van der Waals surface area (Å²) < 4.78 is 20.8. The standard InChI is InChI=1S/C25H28ClFN4O4/c1-4-7-18(32)21(15(3)27)23-22(26)24-17(25(28-23)31-9-6-8-20(31)34)13-29-10-11-30(19(33)5-2)12-16(29)14-35-24/h4-5,7,16,32H,1-2,6,8-14H2,3H3/b18-7+,21-15-/t16-/m1/s1. The zero-order valence-electron chi connectivity index (χ0n) is 19.6. The predicted octanol–water partition coefficient (Wildman–Crippen LogP) is 3.78. The lowest BCUT2D eigenvalue weighted by Gasteiger charge is -2.39. The number of aliphatic hydroxyl groups excluding tert-OH is 1. The van der Waals surface area contributed by atoms with E-state index in [9.17, 15) is 19.1 Å². The van der Waals surface area contributed by atoms with Crippen LogP contribution in [-0.2, 0) is 16.1 Å². The van der Waals surface area contributed by atoms with Crippen molar-refractivity contribution in [2.75, 3.05) is 37.7 Å². The molecule has 2 fully saturated rings. The summed E-state index contributed by atoms with van der Waals surface area (Å²) in [6, 6.07) is -0.117. The maximum atomic E-state index is 14.7. The van der Waals surface area contributed by atoms with Gasteiger partial charge in [0.25, 0.3) is 0 Å². The molecule has 35 heavy (non-hydrogen) atoms. The summed E-state index contributed by atoms with van der Waals surface area (Å²) in [5.41, 5.74) is 0.418. The number of piperazine rings is 1. The monoisotopic (exact) mass is 502 g/mol. The van der Waals surface area contributed by atoms with Gasteiger partial charge in [0.15, 0.2) is 0 Å². The van der Waals surface area contributed by atoms with E-state index in [2.05, 4.69) is 23.0 Å². The van der Waals surface area contributed by atoms with Gasteiger partial charge < -0.3 is 14.7 Å². The second-order valence-corrected chi connectivity index (χ2v) is 9.05. The van der Waals surface area contributed by atoms with E-state index in [0.717, 1.165) is 0 Å². The fourth-order valence-electron chi connectivity index (χ4n) is 4.74. The highest BCUT2D eigenvalue weighted by atomic mass is 35.5. The van der Waals surface area contributed by atoms with Gasteiger partial charge in [-0.25, -0.2) is 9.37 Å². The highest BCUT2D eigenvalue weighted by molar-refractivity contribution is 6.34. The van der Waals surface area contributed by atoms with Crippen LogP contribution in [0.2, 0.25) is 5.02 Å². The van der Waals surface area contributed by atoms with Crippen LogP contribution in [0, 0.1) is 0 Å². The Morgan fingerprint density at radius 1 is 1.31 bits per heavy atom. The van der Waals surface area contributed by atoms with Crippen molar-refractivity contribution < 1.29 is 23.8 Å². The Labute approximate surface area is 208 Å². The number of amides is 2. The number of rotatable bonds is 5. The number of halogens is 2. The van der Waals surface area contributed by atoms with Gasteiger partial charge in [-0.05, 0) is 25.5 Å². The summed E-state index contributed by atoms with van der Waals surface area (Å²) in [6.45, 7) is 11.0. The Balaban J connectivity index is 1.84. The molecular formula is C25H28ClFN4O4. The van der Waals surface area contributed by atoms with E-state index < -0.39 is 11.6 Å². The molecule has 1 N–H and O–H groups in total. The van der Waals surface area contributed by atoms with Crippen LogP contribution in [0.4, 0.5) is 10.2 Å². The van der Waals surface area contributed by atoms with Crippen molar-refractivity contribution in [2.24, 2.45) is 0 Å². The molecule has 0 bridgehead atoms. The van der Waals surface area contributed by atoms with E-state index in [4.69, 9.17) is 16.3 Å². The maximum absolute atomic E-state index is 14.7. The van der Waals surface area contributed by atoms with E-state index in [1.54, 1.807) is 9.80 Å². The third-order valence-electron chi connectivity index (χ3n) is 6.48. The zero-order valence-corrected chi connectivity index (χ0v) is 20.4. The smallest absolute Gasteiger partial charge is 0.246 e. The fraction of sp³-hybridized carbons (Fsp3) is 0.400. The topological polar surface area (TPSA) is 86.2 Å². The minimum atomic E-state index is -0.696. The number of hydrogen-bond acceptors (Lipinski definition) is 6. The van der Waals surface area contributed by atoms with Gasteiger partial charge in [-0.15, -0.1) is 0 Å². The molecule has 4 rings (SSSR count). The molecule has 0 radical (unpaired) electrons. The van der Waals surface area contributed by atoms with Gasteiger partial charge in [-0.2, -0.15) is 0 Å². The van der Waals surface area contributed by atoms with Crippen molar-refractivity contribution >= 4 is 34.8 Å². The average Bonchev–Trinajstić information content (AvgIpc) is 3.15. The molecule has 0 saturated carbocycles. The summed E-state index contributed by atoms with van der Waals surface area (Å²) in [4.78, 5) is 35.0. The van der Waals surface area contributed by atoms with Crippen LogP contribution in [0.5, 0.6) is 5.75 Å². The van der Waals surface area contributed by atoms with Crippen LogP contribution >= 0.6 is 11.6 Å². The normalized spacial score (nSPS) is 21.5. The fourth-order valence-corrected chi connectivity index (χ4v) is 5.05. The van der Waals surface area contributed by atoms with E-state index >= 15 is 0 Å². The molecule has 1 aromatic heterocycles. The molecule has 0 spiro atoms. The number of carbonyl (C=O) groups is 2. The molecule has 10 heteroatoms. The van der Waals surface area contributed by atoms with Crippen LogP contribution in [0.3, 0.4) is 0 Å². The summed E-state index contributed by atoms with van der Waals surface area (Å²) in [7, 11) is 0. The van der Waals surface area contributed by atoms with Gasteiger partial charge in [0.05, 0.1) is 17.2 Å². The van der Waals surface area contributed by atoms with Gasteiger partial charge in [0, 0.05) is 39.1 Å². The summed E-state index contributed by atoms with van der Waals surface area (Å²) in [5.74, 6) is -0.682. The average molecular weight is 503 g/mol. The molecule has 3 aliphatic heterocycles. The number of allylic oxidation sites excluding steroid dienone is 4. The predicted molar refractivity (Wildman–Crippen MR) is 132 cm³/mol. The minimum absolute atomic E-state index is 0.0148. The number of pyridine rings is 1. The van der Waals surface area contributed by atoms with Crippen LogP contribution < -0.4 is 9.64 Å². The number of fused-ring (bicyclic) bond motifs is 2. The van der Waals surface area contributed by atoms with E-state index in [-0.39, 0.29) is 40.8 Å². The number of hydrogen-bond donors (Lipinski definition) is 1. The number of ether oxygens (including phenoxy) is 1. The highest BCUT2D eigenvalue weighted by Gasteiger charge is 2.37. The summed E-state index contributed by atoms with van der Waals surface area (Å²) >= 11 is 6.74. The first-order chi connectivity index (χ1) is 16.8. The molecular weight excluding hydrogens is 475 g/mol. The van der Waals surface area contributed by atoms with Crippen molar-refractivity contribution in [3.8, 4) is 5.75 Å². The van der Waals surface area contributed by atoms with Crippen molar-refractivity contribution in [3.63, 3.8) is 0 Å². The summed E-state index contributed by atoms with van der Waals surface area (Å²) in [5, 5.41) is 10.6. The largest absolute Gasteiger partial charge is 0.507 e. The van der Waals surface area contributed by atoms with Gasteiger partial charge in [-0.1, -0.05) is 30.8 Å². The van der Waals surface area contributed by atoms with Crippen LogP contribution in [0.25, 0.3) is 5.57 Å². The Bertz CT molecular complexity index is 1140. The second kappa shape index (κ2) is 10.2. The molecule has 0 unspecified atom stereocenters. The van der Waals surface area contributed by atoms with Gasteiger partial charge in [0.1, 0.15) is 40.5 Å². The molecule has 2 saturated heterocycles. The van der Waals surface area contributed by atoms with Crippen molar-refractivity contribution in [1.82, 2.24) is 14.8 Å². The Morgan fingerprint density at radius 2 is 2.09 bits per heavy atom. The number of aromatic nitrogens is 1. The molecule has 2 amide bonds. The van der Waals surface area contributed by atoms with Gasteiger partial charge in [0.2, 0.25) is 11.8 Å². The molecule has 3 aliphatic rings. The molecule has 0 aliphatic carbocycles. The molecule has 0 aromatic carbocycles. The third kappa shape index (κ3) is 4.70. The van der Waals surface area contributed by atoms with Crippen LogP contribution in [-0.4, -0.2) is 70.5 Å². The molecule has 186 valence electrons. The van der Waals surface area contributed by atoms with E-state index in [1.807, 2.05) is 0 Å². The van der Waals surface area contributed by atoms with Crippen LogP contribution in [0.15, 0.2) is 43.0 Å². The van der Waals surface area contributed by atoms with E-state index in [0.29, 0.717) is 62.7 Å². The second-order valence-electron chi connectivity index (χ2n) is 8.67. The van der Waals surface area contributed by atoms with Crippen molar-refractivity contribution in [2.45, 2.75) is 32.4 Å². The molecule has 8 nitrogen and oxygen atoms in total. The lowest BCUT2D eigenvalue weighted by atomic mass is 10.0. The molecule has 1 atom stereocenters. The number of nitrogens with zero attached hydrogens (tertiary/aromatic N) is 4. The SMILES string of the molecule is C=C/C=C(O)\C(=C(/C)F)c1nc(N2CCCC2=O)c2c(c1Cl)OC[C@H]1CN(C(=O)C=C)CCN1C2. The van der Waals surface area contributed by atoms with E-state index in [1.165, 1.54) is 25.2 Å². The lowest BCUT2D eigenvalue weighted by Crippen LogP contribution is -2.55. The van der Waals surface area contributed by atoms with Gasteiger partial charge in [-0.3, -0.25) is 19.4 Å². The minimum Gasteiger partial charge on any atom is -0.507 e. The quantitative estimate of drug-likeness (QED) is 0.374. The first-order valence-corrected chi connectivity index (χ1v) is 11.8. The first-order valence-electron chi connectivity index (χ1n) is 11.5. The Kier molecular flexibility index (Phi) is 7.28. The molecule has 1 aromatic rings. The maximum Gasteiger partial charge on any atom is 0.246 e. The molecule has 4 heterocycles. The Morgan fingerprint density at radius 3 is 2.71 bits per heavy atom.